The molecule has 0 aromatic heterocycles. The van der Waals surface area contributed by atoms with Gasteiger partial charge in [0.05, 0.1) is 6.61 Å². The Kier molecular flexibility index (Phi) is 5.16. The van der Waals surface area contributed by atoms with Crippen molar-refractivity contribution in [3.63, 3.8) is 0 Å². The molecule has 2 aromatic carbocycles. The van der Waals surface area contributed by atoms with Crippen LogP contribution in [0.1, 0.15) is 29.2 Å². The zero-order valence-electron chi connectivity index (χ0n) is 12.1. The van der Waals surface area contributed by atoms with E-state index in [-0.39, 0.29) is 6.04 Å². The smallest absolute Gasteiger partial charge is 0.119 e. The van der Waals surface area contributed by atoms with E-state index in [0.29, 0.717) is 6.61 Å². The quantitative estimate of drug-likeness (QED) is 0.625. The monoisotopic (exact) mass is 270 g/mol. The number of benzene rings is 2. The second kappa shape index (κ2) is 7.08. The summed E-state index contributed by atoms with van der Waals surface area (Å²) in [6, 6.07) is 16.4. The van der Waals surface area contributed by atoms with Crippen molar-refractivity contribution in [2.45, 2.75) is 26.3 Å². The van der Waals surface area contributed by atoms with Crippen molar-refractivity contribution in [3.05, 3.63) is 65.2 Å². The predicted molar refractivity (Wildman–Crippen MR) is 82.5 cm³/mol. The molecule has 0 saturated carbocycles. The summed E-state index contributed by atoms with van der Waals surface area (Å²) in [6.07, 6.45) is 0.829. The minimum atomic E-state index is 0.110. The number of nitrogens with one attached hydrogen (secondary N) is 1. The van der Waals surface area contributed by atoms with Gasteiger partial charge in [0.15, 0.2) is 0 Å². The lowest BCUT2D eigenvalue weighted by atomic mass is 9.98. The molecule has 3 nitrogen and oxygen atoms in total. The number of ether oxygens (including phenoxy) is 1. The molecule has 1 unspecified atom stereocenters. The van der Waals surface area contributed by atoms with Crippen LogP contribution in [0.3, 0.4) is 0 Å². The molecule has 2 aromatic rings. The van der Waals surface area contributed by atoms with Crippen LogP contribution in [0.25, 0.3) is 0 Å². The van der Waals surface area contributed by atoms with E-state index in [1.807, 2.05) is 30.3 Å². The van der Waals surface area contributed by atoms with E-state index >= 15 is 0 Å². The zero-order chi connectivity index (χ0) is 14.4. The Morgan fingerprint density at radius 2 is 1.85 bits per heavy atom. The average molecular weight is 270 g/mol. The average Bonchev–Trinajstić information content (AvgIpc) is 2.46. The van der Waals surface area contributed by atoms with E-state index in [1.165, 1.54) is 16.7 Å². The van der Waals surface area contributed by atoms with Crippen LogP contribution in [-0.2, 0) is 0 Å². The summed E-state index contributed by atoms with van der Waals surface area (Å²) in [5, 5.41) is 0. The number of hydrazine groups is 1. The normalized spacial score (nSPS) is 12.2. The summed E-state index contributed by atoms with van der Waals surface area (Å²) < 4.78 is 5.73. The van der Waals surface area contributed by atoms with Gasteiger partial charge in [0, 0.05) is 12.5 Å². The summed E-state index contributed by atoms with van der Waals surface area (Å²) in [5.41, 5.74) is 6.64. The molecule has 2 rings (SSSR count). The van der Waals surface area contributed by atoms with Crippen molar-refractivity contribution in [2.75, 3.05) is 6.61 Å². The molecule has 3 N–H and O–H groups in total. The van der Waals surface area contributed by atoms with Crippen molar-refractivity contribution in [3.8, 4) is 5.75 Å². The molecule has 0 heterocycles. The molecule has 0 spiro atoms. The molecule has 106 valence electrons. The van der Waals surface area contributed by atoms with Gasteiger partial charge < -0.3 is 4.74 Å². The predicted octanol–water partition coefficient (Wildman–Crippen LogP) is 3.28. The SMILES string of the molecule is Cc1ccc(C(CCOc2ccccc2)NN)c(C)c1. The highest BCUT2D eigenvalue weighted by Crippen LogP contribution is 2.21. The van der Waals surface area contributed by atoms with Gasteiger partial charge in [-0.2, -0.15) is 0 Å². The maximum atomic E-state index is 5.73. The number of rotatable bonds is 6. The molecule has 0 aliphatic heterocycles. The van der Waals surface area contributed by atoms with E-state index in [9.17, 15) is 0 Å². The number of nitrogens with two attached hydrogens (primary N) is 1. The molecule has 0 radical (unpaired) electrons. The lowest BCUT2D eigenvalue weighted by Crippen LogP contribution is -2.29. The van der Waals surface area contributed by atoms with Crippen molar-refractivity contribution >= 4 is 0 Å². The summed E-state index contributed by atoms with van der Waals surface area (Å²) in [4.78, 5) is 0. The molecule has 0 amide bonds. The first kappa shape index (κ1) is 14.6. The van der Waals surface area contributed by atoms with E-state index in [4.69, 9.17) is 10.6 Å². The van der Waals surface area contributed by atoms with Gasteiger partial charge in [-0.25, -0.2) is 0 Å². The van der Waals surface area contributed by atoms with Crippen LogP contribution in [0.2, 0.25) is 0 Å². The van der Waals surface area contributed by atoms with Gasteiger partial charge >= 0.3 is 0 Å². The van der Waals surface area contributed by atoms with Crippen molar-refractivity contribution < 1.29 is 4.74 Å². The summed E-state index contributed by atoms with van der Waals surface area (Å²) in [5.74, 6) is 6.58. The van der Waals surface area contributed by atoms with Crippen molar-refractivity contribution in [1.82, 2.24) is 5.43 Å². The second-order valence-corrected chi connectivity index (χ2v) is 5.03. The van der Waals surface area contributed by atoms with Gasteiger partial charge in [-0.15, -0.1) is 0 Å². The van der Waals surface area contributed by atoms with E-state index < -0.39 is 0 Å². The highest BCUT2D eigenvalue weighted by molar-refractivity contribution is 5.32. The Bertz CT molecular complexity index is 540. The minimum absolute atomic E-state index is 0.110. The Hall–Kier alpha value is -1.84. The van der Waals surface area contributed by atoms with E-state index in [0.717, 1.165) is 12.2 Å². The molecule has 3 heteroatoms. The number of para-hydroxylation sites is 1. The first-order valence-electron chi connectivity index (χ1n) is 6.92. The molecular formula is C17H22N2O. The Morgan fingerprint density at radius 1 is 1.10 bits per heavy atom. The summed E-state index contributed by atoms with van der Waals surface area (Å²) >= 11 is 0. The van der Waals surface area contributed by atoms with Gasteiger partial charge in [-0.05, 0) is 37.1 Å². The molecule has 0 fully saturated rings. The van der Waals surface area contributed by atoms with E-state index in [2.05, 4.69) is 37.5 Å². The minimum Gasteiger partial charge on any atom is -0.494 e. The number of hydrogen-bond donors (Lipinski definition) is 2. The maximum Gasteiger partial charge on any atom is 0.119 e. The van der Waals surface area contributed by atoms with Crippen LogP contribution in [0.15, 0.2) is 48.5 Å². The third-order valence-corrected chi connectivity index (χ3v) is 3.42. The Balaban J connectivity index is 1.95. The summed E-state index contributed by atoms with van der Waals surface area (Å²) in [6.45, 7) is 4.84. The lowest BCUT2D eigenvalue weighted by molar-refractivity contribution is 0.287. The fourth-order valence-electron chi connectivity index (χ4n) is 2.36. The topological polar surface area (TPSA) is 47.3 Å². The van der Waals surface area contributed by atoms with E-state index in [1.54, 1.807) is 0 Å². The van der Waals surface area contributed by atoms with Gasteiger partial charge in [-0.3, -0.25) is 11.3 Å². The zero-order valence-corrected chi connectivity index (χ0v) is 12.1. The highest BCUT2D eigenvalue weighted by Gasteiger charge is 2.12. The van der Waals surface area contributed by atoms with Crippen LogP contribution < -0.4 is 16.0 Å². The molecular weight excluding hydrogens is 248 g/mol. The van der Waals surface area contributed by atoms with Crippen molar-refractivity contribution in [2.24, 2.45) is 5.84 Å². The first-order valence-corrected chi connectivity index (χ1v) is 6.92. The molecule has 0 bridgehead atoms. The van der Waals surface area contributed by atoms with Crippen molar-refractivity contribution in [1.29, 1.82) is 0 Å². The maximum absolute atomic E-state index is 5.73. The fraction of sp³-hybridized carbons (Fsp3) is 0.294. The third-order valence-electron chi connectivity index (χ3n) is 3.42. The van der Waals surface area contributed by atoms with Crippen LogP contribution in [0, 0.1) is 13.8 Å². The lowest BCUT2D eigenvalue weighted by Gasteiger charge is -2.19. The standard InChI is InChI=1S/C17H22N2O/c1-13-8-9-16(14(2)12-13)17(19-18)10-11-20-15-6-4-3-5-7-15/h3-9,12,17,19H,10-11,18H2,1-2H3. The Labute approximate surface area is 120 Å². The molecule has 20 heavy (non-hydrogen) atoms. The molecule has 1 atom stereocenters. The molecule has 0 saturated heterocycles. The van der Waals surface area contributed by atoms with Crippen LogP contribution in [-0.4, -0.2) is 6.61 Å². The second-order valence-electron chi connectivity index (χ2n) is 5.03. The number of hydrogen-bond acceptors (Lipinski definition) is 3. The summed E-state index contributed by atoms with van der Waals surface area (Å²) in [7, 11) is 0. The first-order chi connectivity index (χ1) is 9.70. The molecule has 0 aliphatic rings. The van der Waals surface area contributed by atoms with Crippen LogP contribution in [0.4, 0.5) is 0 Å². The van der Waals surface area contributed by atoms with Gasteiger partial charge in [0.1, 0.15) is 5.75 Å². The van der Waals surface area contributed by atoms with Gasteiger partial charge in [0.2, 0.25) is 0 Å². The Morgan fingerprint density at radius 3 is 2.50 bits per heavy atom. The van der Waals surface area contributed by atoms with Gasteiger partial charge in [0.25, 0.3) is 0 Å². The van der Waals surface area contributed by atoms with Crippen LogP contribution >= 0.6 is 0 Å². The van der Waals surface area contributed by atoms with Gasteiger partial charge in [-0.1, -0.05) is 42.0 Å². The highest BCUT2D eigenvalue weighted by atomic mass is 16.5. The largest absolute Gasteiger partial charge is 0.494 e. The number of aryl methyl sites for hydroxylation is 2. The van der Waals surface area contributed by atoms with Crippen LogP contribution in [0.5, 0.6) is 5.75 Å². The third kappa shape index (κ3) is 3.83. The fourth-order valence-corrected chi connectivity index (χ4v) is 2.36. The molecule has 0 aliphatic carbocycles.